The van der Waals surface area contributed by atoms with Crippen molar-refractivity contribution in [2.24, 2.45) is 0 Å². The molecule has 2 aromatic heterocycles. The molecule has 0 unspecified atom stereocenters. The summed E-state index contributed by atoms with van der Waals surface area (Å²) < 4.78 is 17.5. The van der Waals surface area contributed by atoms with Gasteiger partial charge in [0.2, 0.25) is 5.79 Å². The normalized spacial score (nSPS) is 17.4. The summed E-state index contributed by atoms with van der Waals surface area (Å²) in [6.45, 7) is 3.78. The molecule has 0 N–H and O–H groups in total. The molecule has 5 rings (SSSR count). The third-order valence-electron chi connectivity index (χ3n) is 5.68. The molecular weight excluding hydrogens is 382 g/mol. The van der Waals surface area contributed by atoms with Crippen molar-refractivity contribution in [3.05, 3.63) is 54.4 Å². The molecule has 0 radical (unpaired) electrons. The maximum absolute atomic E-state index is 11.9. The van der Waals surface area contributed by atoms with Crippen molar-refractivity contribution in [1.82, 2.24) is 14.9 Å². The lowest BCUT2D eigenvalue weighted by Crippen LogP contribution is -2.52. The van der Waals surface area contributed by atoms with Crippen LogP contribution in [0.15, 0.2) is 48.8 Å². The van der Waals surface area contributed by atoms with E-state index < -0.39 is 5.79 Å². The monoisotopic (exact) mass is 405 g/mol. The molecule has 1 aromatic carbocycles. The lowest BCUT2D eigenvalue weighted by Gasteiger charge is -2.43. The van der Waals surface area contributed by atoms with Gasteiger partial charge < -0.3 is 19.1 Å². The zero-order chi connectivity index (χ0) is 20.6. The van der Waals surface area contributed by atoms with E-state index in [-0.39, 0.29) is 6.09 Å². The Balaban J connectivity index is 1.33. The third kappa shape index (κ3) is 3.45. The first-order chi connectivity index (χ1) is 14.7. The molecule has 7 nitrogen and oxygen atoms in total. The zero-order valence-electron chi connectivity index (χ0n) is 16.8. The van der Waals surface area contributed by atoms with Crippen molar-refractivity contribution in [3.8, 4) is 16.9 Å². The summed E-state index contributed by atoms with van der Waals surface area (Å²) in [4.78, 5) is 22.5. The van der Waals surface area contributed by atoms with E-state index in [1.54, 1.807) is 11.1 Å². The molecular formula is C23H23N3O4. The molecule has 1 spiro atoms. The number of amides is 1. The number of hydrogen-bond acceptors (Lipinski definition) is 6. The van der Waals surface area contributed by atoms with Gasteiger partial charge in [-0.1, -0.05) is 6.07 Å². The molecule has 0 atom stereocenters. The molecule has 2 aliphatic heterocycles. The van der Waals surface area contributed by atoms with Gasteiger partial charge in [-0.15, -0.1) is 0 Å². The highest BCUT2D eigenvalue weighted by Gasteiger charge is 2.42. The van der Waals surface area contributed by atoms with Gasteiger partial charge in [0.25, 0.3) is 0 Å². The summed E-state index contributed by atoms with van der Waals surface area (Å²) in [6.07, 6.45) is 4.60. The van der Waals surface area contributed by atoms with Gasteiger partial charge in [0.15, 0.2) is 0 Å². The van der Waals surface area contributed by atoms with Crippen LogP contribution >= 0.6 is 0 Å². The highest BCUT2D eigenvalue weighted by molar-refractivity contribution is 5.80. The Labute approximate surface area is 174 Å². The quantitative estimate of drug-likeness (QED) is 0.638. The van der Waals surface area contributed by atoms with Gasteiger partial charge in [0.1, 0.15) is 5.75 Å². The number of fused-ring (bicyclic) bond motifs is 2. The van der Waals surface area contributed by atoms with E-state index in [0.29, 0.717) is 39.1 Å². The summed E-state index contributed by atoms with van der Waals surface area (Å²) in [5.74, 6) is 0.160. The molecule has 0 aliphatic carbocycles. The van der Waals surface area contributed by atoms with Crippen LogP contribution in [-0.2, 0) is 16.1 Å². The van der Waals surface area contributed by atoms with E-state index in [1.807, 2.05) is 43.5 Å². The van der Waals surface area contributed by atoms with Crippen molar-refractivity contribution in [2.45, 2.75) is 32.2 Å². The van der Waals surface area contributed by atoms with Crippen molar-refractivity contribution in [2.75, 3.05) is 19.7 Å². The smallest absolute Gasteiger partial charge is 0.409 e. The molecule has 0 bridgehead atoms. The number of likely N-dealkylation sites (tertiary alicyclic amines) is 1. The first-order valence-electron chi connectivity index (χ1n) is 10.2. The second kappa shape index (κ2) is 7.57. The van der Waals surface area contributed by atoms with Gasteiger partial charge in [-0.05, 0) is 42.8 Å². The van der Waals surface area contributed by atoms with E-state index in [2.05, 4.69) is 16.0 Å². The Morgan fingerprint density at radius 2 is 2.00 bits per heavy atom. The standard InChI is InChI=1S/C23H23N3O4/c1-2-28-22(27)26-10-7-23(8-11-26)29-15-18-12-16(5-6-21(18)30-23)17-13-20-19(25-14-17)4-3-9-24-20/h3-6,9,12-14H,2,7-8,10-11,15H2,1H3. The predicted molar refractivity (Wildman–Crippen MR) is 111 cm³/mol. The largest absolute Gasteiger partial charge is 0.462 e. The molecule has 4 heterocycles. The molecule has 7 heteroatoms. The number of nitrogens with zero attached hydrogens (tertiary/aromatic N) is 3. The van der Waals surface area contributed by atoms with Gasteiger partial charge in [0, 0.05) is 49.5 Å². The second-order valence-electron chi connectivity index (χ2n) is 7.58. The number of piperidine rings is 1. The fourth-order valence-electron chi connectivity index (χ4n) is 4.01. The van der Waals surface area contributed by atoms with Gasteiger partial charge in [0.05, 0.1) is 24.2 Å². The molecule has 30 heavy (non-hydrogen) atoms. The zero-order valence-corrected chi connectivity index (χ0v) is 16.8. The summed E-state index contributed by atoms with van der Waals surface area (Å²) in [7, 11) is 0. The Morgan fingerprint density at radius 3 is 2.83 bits per heavy atom. The first kappa shape index (κ1) is 18.8. The maximum Gasteiger partial charge on any atom is 0.409 e. The van der Waals surface area contributed by atoms with E-state index >= 15 is 0 Å². The number of aromatic nitrogens is 2. The van der Waals surface area contributed by atoms with Crippen LogP contribution in [0, 0.1) is 0 Å². The van der Waals surface area contributed by atoms with Gasteiger partial charge in [-0.3, -0.25) is 9.97 Å². The van der Waals surface area contributed by atoms with Crippen LogP contribution in [0.25, 0.3) is 22.2 Å². The number of ether oxygens (including phenoxy) is 3. The molecule has 2 aliphatic rings. The fourth-order valence-corrected chi connectivity index (χ4v) is 4.01. The first-order valence-corrected chi connectivity index (χ1v) is 10.2. The summed E-state index contributed by atoms with van der Waals surface area (Å²) in [5, 5.41) is 0. The minimum Gasteiger partial charge on any atom is -0.462 e. The SMILES string of the molecule is CCOC(=O)N1CCC2(CC1)OCc1cc(-c3cnc4cccnc4c3)ccc1O2. The van der Waals surface area contributed by atoms with Crippen molar-refractivity contribution in [3.63, 3.8) is 0 Å². The van der Waals surface area contributed by atoms with Gasteiger partial charge >= 0.3 is 6.09 Å². The Kier molecular flexibility index (Phi) is 4.75. The van der Waals surface area contributed by atoms with Crippen LogP contribution in [0.1, 0.15) is 25.3 Å². The Morgan fingerprint density at radius 1 is 1.13 bits per heavy atom. The highest BCUT2D eigenvalue weighted by atomic mass is 16.7. The lowest BCUT2D eigenvalue weighted by atomic mass is 9.99. The maximum atomic E-state index is 11.9. The number of hydrogen-bond donors (Lipinski definition) is 0. The Hall–Kier alpha value is -3.19. The van der Waals surface area contributed by atoms with E-state index in [9.17, 15) is 4.79 Å². The molecule has 1 saturated heterocycles. The number of carbonyl (C=O) groups excluding carboxylic acids is 1. The topological polar surface area (TPSA) is 73.8 Å². The average molecular weight is 405 g/mol. The highest BCUT2D eigenvalue weighted by Crippen LogP contribution is 2.39. The molecule has 0 saturated carbocycles. The number of pyridine rings is 2. The summed E-state index contributed by atoms with van der Waals surface area (Å²) in [5.41, 5.74) is 4.81. The molecule has 1 fully saturated rings. The summed E-state index contributed by atoms with van der Waals surface area (Å²) in [6, 6.07) is 12.0. The van der Waals surface area contributed by atoms with Crippen LogP contribution in [0.3, 0.4) is 0 Å². The third-order valence-corrected chi connectivity index (χ3v) is 5.68. The fraction of sp³-hybridized carbons (Fsp3) is 0.348. The second-order valence-corrected chi connectivity index (χ2v) is 7.58. The molecule has 154 valence electrons. The minimum absolute atomic E-state index is 0.272. The predicted octanol–water partition coefficient (Wildman–Crippen LogP) is 4.15. The van der Waals surface area contributed by atoms with Crippen LogP contribution in [0.5, 0.6) is 5.75 Å². The van der Waals surface area contributed by atoms with Crippen LogP contribution in [0.2, 0.25) is 0 Å². The van der Waals surface area contributed by atoms with E-state index in [0.717, 1.165) is 33.5 Å². The number of carbonyl (C=O) groups is 1. The van der Waals surface area contributed by atoms with Crippen molar-refractivity contribution in [1.29, 1.82) is 0 Å². The van der Waals surface area contributed by atoms with Crippen molar-refractivity contribution >= 4 is 17.1 Å². The minimum atomic E-state index is -0.675. The van der Waals surface area contributed by atoms with Gasteiger partial charge in [-0.25, -0.2) is 4.79 Å². The Bertz CT molecular complexity index is 1090. The average Bonchev–Trinajstić information content (AvgIpc) is 2.79. The lowest BCUT2D eigenvalue weighted by molar-refractivity contribution is -0.226. The molecule has 3 aromatic rings. The number of benzene rings is 1. The molecule has 1 amide bonds. The van der Waals surface area contributed by atoms with E-state index in [4.69, 9.17) is 14.2 Å². The summed E-state index contributed by atoms with van der Waals surface area (Å²) >= 11 is 0. The van der Waals surface area contributed by atoms with Crippen LogP contribution in [-0.4, -0.2) is 46.4 Å². The van der Waals surface area contributed by atoms with Crippen molar-refractivity contribution < 1.29 is 19.0 Å². The van der Waals surface area contributed by atoms with E-state index in [1.165, 1.54) is 0 Å². The van der Waals surface area contributed by atoms with Crippen LogP contribution in [0.4, 0.5) is 4.79 Å². The van der Waals surface area contributed by atoms with Gasteiger partial charge in [-0.2, -0.15) is 0 Å². The van der Waals surface area contributed by atoms with Crippen LogP contribution < -0.4 is 4.74 Å². The number of rotatable bonds is 2.